The predicted octanol–water partition coefficient (Wildman–Crippen LogP) is 2.80. The van der Waals surface area contributed by atoms with Gasteiger partial charge >= 0.3 is 0 Å². The minimum atomic E-state index is -0.184. The van der Waals surface area contributed by atoms with E-state index in [-0.39, 0.29) is 5.82 Å². The van der Waals surface area contributed by atoms with Gasteiger partial charge in [-0.25, -0.2) is 4.39 Å². The third-order valence-electron chi connectivity index (χ3n) is 3.37. The van der Waals surface area contributed by atoms with Crippen molar-refractivity contribution in [3.05, 3.63) is 24.0 Å². The molecule has 0 bridgehead atoms. The average Bonchev–Trinajstić information content (AvgIpc) is 2.68. The van der Waals surface area contributed by atoms with Crippen LogP contribution in [0.4, 0.5) is 10.1 Å². The molecule has 2 rings (SSSR count). The molecule has 1 saturated heterocycles. The van der Waals surface area contributed by atoms with Crippen LogP contribution in [0.5, 0.6) is 5.75 Å². The Morgan fingerprint density at radius 3 is 3.00 bits per heavy atom. The average molecular weight is 266 g/mol. The summed E-state index contributed by atoms with van der Waals surface area (Å²) in [6.45, 7) is 6.45. The second-order valence-electron chi connectivity index (χ2n) is 4.91. The molecule has 1 aliphatic heterocycles. The number of halogens is 1. The molecule has 0 spiro atoms. The van der Waals surface area contributed by atoms with E-state index in [4.69, 9.17) is 4.74 Å². The molecule has 1 fully saturated rings. The van der Waals surface area contributed by atoms with Gasteiger partial charge in [-0.05, 0) is 31.5 Å². The highest BCUT2D eigenvalue weighted by molar-refractivity contribution is 5.50. The summed E-state index contributed by atoms with van der Waals surface area (Å²) in [7, 11) is 0. The third kappa shape index (κ3) is 4.10. The van der Waals surface area contributed by atoms with E-state index < -0.39 is 0 Å². The maximum Gasteiger partial charge on any atom is 0.150 e. The van der Waals surface area contributed by atoms with Crippen LogP contribution >= 0.6 is 0 Å². The fourth-order valence-corrected chi connectivity index (χ4v) is 2.25. The minimum absolute atomic E-state index is 0.184. The SMILES string of the molecule is CCCCOc1ccc(N2CCCNCC2)c(F)c1. The molecule has 0 atom stereocenters. The lowest BCUT2D eigenvalue weighted by Crippen LogP contribution is -2.28. The molecular weight excluding hydrogens is 243 g/mol. The molecule has 0 amide bonds. The molecule has 1 aromatic rings. The Hall–Kier alpha value is -1.29. The summed E-state index contributed by atoms with van der Waals surface area (Å²) in [6.07, 6.45) is 3.14. The molecule has 0 aromatic heterocycles. The summed E-state index contributed by atoms with van der Waals surface area (Å²) in [4.78, 5) is 2.10. The molecule has 1 aromatic carbocycles. The van der Waals surface area contributed by atoms with Crippen molar-refractivity contribution in [3.8, 4) is 5.75 Å². The first-order chi connectivity index (χ1) is 9.31. The minimum Gasteiger partial charge on any atom is -0.493 e. The number of nitrogens with zero attached hydrogens (tertiary/aromatic N) is 1. The molecule has 106 valence electrons. The normalized spacial score (nSPS) is 16.2. The van der Waals surface area contributed by atoms with Crippen LogP contribution in [0.1, 0.15) is 26.2 Å². The zero-order valence-corrected chi connectivity index (χ0v) is 11.6. The van der Waals surface area contributed by atoms with Crippen molar-refractivity contribution in [2.75, 3.05) is 37.7 Å². The van der Waals surface area contributed by atoms with Gasteiger partial charge in [0, 0.05) is 25.7 Å². The van der Waals surface area contributed by atoms with E-state index in [1.54, 1.807) is 0 Å². The number of rotatable bonds is 5. The highest BCUT2D eigenvalue weighted by Gasteiger charge is 2.14. The smallest absolute Gasteiger partial charge is 0.150 e. The first-order valence-electron chi connectivity index (χ1n) is 7.19. The van der Waals surface area contributed by atoms with Crippen LogP contribution in [0, 0.1) is 5.82 Å². The summed E-state index contributed by atoms with van der Waals surface area (Å²) in [5, 5.41) is 3.32. The lowest BCUT2D eigenvalue weighted by Gasteiger charge is -2.23. The van der Waals surface area contributed by atoms with E-state index >= 15 is 0 Å². The summed E-state index contributed by atoms with van der Waals surface area (Å²) >= 11 is 0. The number of hydrogen-bond donors (Lipinski definition) is 1. The molecule has 0 saturated carbocycles. The zero-order valence-electron chi connectivity index (χ0n) is 11.6. The largest absolute Gasteiger partial charge is 0.493 e. The molecule has 1 N–H and O–H groups in total. The Bertz CT molecular complexity index is 390. The van der Waals surface area contributed by atoms with Crippen molar-refractivity contribution in [3.63, 3.8) is 0 Å². The van der Waals surface area contributed by atoms with E-state index in [1.165, 1.54) is 6.07 Å². The summed E-state index contributed by atoms with van der Waals surface area (Å²) in [5.41, 5.74) is 0.687. The van der Waals surface area contributed by atoms with Crippen LogP contribution < -0.4 is 15.0 Å². The number of unbranched alkanes of at least 4 members (excludes halogenated alkanes) is 1. The first kappa shape index (κ1) is 14.1. The number of nitrogens with one attached hydrogen (secondary N) is 1. The first-order valence-corrected chi connectivity index (χ1v) is 7.19. The number of ether oxygens (including phenoxy) is 1. The van der Waals surface area contributed by atoms with Gasteiger partial charge in [-0.15, -0.1) is 0 Å². The van der Waals surface area contributed by atoms with Gasteiger partial charge in [0.25, 0.3) is 0 Å². The summed E-state index contributed by atoms with van der Waals surface area (Å²) in [6, 6.07) is 5.21. The molecule has 0 radical (unpaired) electrons. The Morgan fingerprint density at radius 2 is 2.21 bits per heavy atom. The van der Waals surface area contributed by atoms with Crippen molar-refractivity contribution in [1.29, 1.82) is 0 Å². The predicted molar refractivity (Wildman–Crippen MR) is 76.5 cm³/mol. The number of benzene rings is 1. The van der Waals surface area contributed by atoms with Crippen molar-refractivity contribution in [2.45, 2.75) is 26.2 Å². The van der Waals surface area contributed by atoms with Crippen molar-refractivity contribution in [2.24, 2.45) is 0 Å². The lowest BCUT2D eigenvalue weighted by atomic mass is 10.2. The van der Waals surface area contributed by atoms with Crippen LogP contribution in [-0.2, 0) is 0 Å². The number of hydrogen-bond acceptors (Lipinski definition) is 3. The second kappa shape index (κ2) is 7.34. The van der Waals surface area contributed by atoms with Gasteiger partial charge in [0.1, 0.15) is 11.6 Å². The zero-order chi connectivity index (χ0) is 13.5. The van der Waals surface area contributed by atoms with Gasteiger partial charge in [0.05, 0.1) is 12.3 Å². The number of anilines is 1. The Labute approximate surface area is 114 Å². The Kier molecular flexibility index (Phi) is 5.45. The van der Waals surface area contributed by atoms with Gasteiger partial charge in [-0.1, -0.05) is 13.3 Å². The highest BCUT2D eigenvalue weighted by atomic mass is 19.1. The van der Waals surface area contributed by atoms with E-state index in [0.29, 0.717) is 18.0 Å². The van der Waals surface area contributed by atoms with Gasteiger partial charge in [0.2, 0.25) is 0 Å². The maximum absolute atomic E-state index is 14.1. The van der Waals surface area contributed by atoms with Gasteiger partial charge in [-0.3, -0.25) is 0 Å². The van der Waals surface area contributed by atoms with Gasteiger partial charge < -0.3 is 15.0 Å². The quantitative estimate of drug-likeness (QED) is 0.829. The fraction of sp³-hybridized carbons (Fsp3) is 0.600. The Balaban J connectivity index is 2.01. The summed E-state index contributed by atoms with van der Waals surface area (Å²) < 4.78 is 19.7. The lowest BCUT2D eigenvalue weighted by molar-refractivity contribution is 0.308. The molecule has 0 aliphatic carbocycles. The van der Waals surface area contributed by atoms with E-state index in [0.717, 1.165) is 45.4 Å². The van der Waals surface area contributed by atoms with Crippen molar-refractivity contribution < 1.29 is 9.13 Å². The van der Waals surface area contributed by atoms with E-state index in [2.05, 4.69) is 17.1 Å². The monoisotopic (exact) mass is 266 g/mol. The molecule has 3 nitrogen and oxygen atoms in total. The van der Waals surface area contributed by atoms with Crippen LogP contribution in [0.2, 0.25) is 0 Å². The summed E-state index contributed by atoms with van der Waals surface area (Å²) in [5.74, 6) is 0.443. The Morgan fingerprint density at radius 1 is 1.32 bits per heavy atom. The van der Waals surface area contributed by atoms with Gasteiger partial charge in [0.15, 0.2) is 0 Å². The standard InChI is InChI=1S/C15H23FN2O/c1-2-3-11-19-13-5-6-15(14(16)12-13)18-9-4-7-17-8-10-18/h5-6,12,17H,2-4,7-11H2,1H3. The van der Waals surface area contributed by atoms with E-state index in [9.17, 15) is 4.39 Å². The highest BCUT2D eigenvalue weighted by Crippen LogP contribution is 2.24. The van der Waals surface area contributed by atoms with Crippen molar-refractivity contribution in [1.82, 2.24) is 5.32 Å². The maximum atomic E-state index is 14.1. The topological polar surface area (TPSA) is 24.5 Å². The van der Waals surface area contributed by atoms with Crippen LogP contribution in [-0.4, -0.2) is 32.8 Å². The molecule has 19 heavy (non-hydrogen) atoms. The third-order valence-corrected chi connectivity index (χ3v) is 3.37. The van der Waals surface area contributed by atoms with Crippen LogP contribution in [0.25, 0.3) is 0 Å². The van der Waals surface area contributed by atoms with Crippen LogP contribution in [0.3, 0.4) is 0 Å². The second-order valence-corrected chi connectivity index (χ2v) is 4.91. The molecule has 0 unspecified atom stereocenters. The molecule has 1 heterocycles. The molecular formula is C15H23FN2O. The van der Waals surface area contributed by atoms with Gasteiger partial charge in [-0.2, -0.15) is 0 Å². The van der Waals surface area contributed by atoms with Crippen LogP contribution in [0.15, 0.2) is 18.2 Å². The molecule has 1 aliphatic rings. The molecule has 4 heteroatoms. The van der Waals surface area contributed by atoms with Crippen molar-refractivity contribution >= 4 is 5.69 Å². The fourth-order valence-electron chi connectivity index (χ4n) is 2.25. The van der Waals surface area contributed by atoms with E-state index in [1.807, 2.05) is 12.1 Å².